The average molecular weight is 435 g/mol. The first-order valence-corrected chi connectivity index (χ1v) is 8.77. The van der Waals surface area contributed by atoms with Crippen molar-refractivity contribution in [1.82, 2.24) is 15.8 Å². The third-order valence-electron chi connectivity index (χ3n) is 3.00. The van der Waals surface area contributed by atoms with Crippen LogP contribution < -0.4 is 26.6 Å². The van der Waals surface area contributed by atoms with Crippen molar-refractivity contribution in [2.24, 2.45) is 0 Å². The van der Waals surface area contributed by atoms with Gasteiger partial charge in [0.1, 0.15) is 10.8 Å². The van der Waals surface area contributed by atoms with Crippen LogP contribution in [-0.4, -0.2) is 22.6 Å². The summed E-state index contributed by atoms with van der Waals surface area (Å²) in [4.78, 5) is 16.0. The number of carbonyl (C=O) groups is 1. The second kappa shape index (κ2) is 9.09. The van der Waals surface area contributed by atoms with Crippen LogP contribution in [0.15, 0.2) is 24.3 Å². The van der Waals surface area contributed by atoms with Crippen LogP contribution >= 0.6 is 47.0 Å². The highest BCUT2D eigenvalue weighted by atomic mass is 35.5. The summed E-state index contributed by atoms with van der Waals surface area (Å²) in [7, 11) is 0. The zero-order valence-corrected chi connectivity index (χ0v) is 16.5. The number of nitrogens with two attached hydrogens (primary N) is 1. The summed E-state index contributed by atoms with van der Waals surface area (Å²) in [6, 6.07) is 7.13. The number of hydrogen-bond donors (Lipinski definition) is 4. The maximum atomic E-state index is 12.2. The Labute approximate surface area is 170 Å². The van der Waals surface area contributed by atoms with E-state index >= 15 is 0 Å². The van der Waals surface area contributed by atoms with Crippen LogP contribution in [0, 0.1) is 0 Å². The van der Waals surface area contributed by atoms with Crippen molar-refractivity contribution < 1.29 is 9.53 Å². The number of nitrogens with zero attached hydrogens (tertiary/aromatic N) is 1. The van der Waals surface area contributed by atoms with Crippen molar-refractivity contribution in [3.8, 4) is 5.75 Å². The van der Waals surface area contributed by atoms with Gasteiger partial charge in [-0.05, 0) is 43.4 Å². The molecule has 2 aromatic rings. The van der Waals surface area contributed by atoms with Crippen LogP contribution in [0.5, 0.6) is 5.75 Å². The molecule has 138 valence electrons. The van der Waals surface area contributed by atoms with Gasteiger partial charge in [-0.1, -0.05) is 34.8 Å². The second-order valence-corrected chi connectivity index (χ2v) is 6.31. The molecule has 0 aliphatic heterocycles. The molecule has 0 spiro atoms. The fourth-order valence-electron chi connectivity index (χ4n) is 1.82. The third-order valence-corrected chi connectivity index (χ3v) is 4.34. The number of nitrogen functional groups attached to an aromatic ring is 1. The normalized spacial score (nSPS) is 10.2. The van der Waals surface area contributed by atoms with Crippen LogP contribution in [0.4, 0.5) is 11.4 Å². The number of ether oxygens (including phenoxy) is 1. The Bertz CT molecular complexity index is 833. The summed E-state index contributed by atoms with van der Waals surface area (Å²) in [6.07, 6.45) is 0. The minimum Gasteiger partial charge on any atom is -0.494 e. The molecule has 7 nitrogen and oxygen atoms in total. The Hall–Kier alpha value is -2.00. The number of hydrogen-bond acceptors (Lipinski definition) is 5. The molecule has 1 aromatic carbocycles. The predicted molar refractivity (Wildman–Crippen MR) is 108 cm³/mol. The molecule has 11 heteroatoms. The highest BCUT2D eigenvalue weighted by Gasteiger charge is 2.19. The van der Waals surface area contributed by atoms with Crippen molar-refractivity contribution in [2.75, 3.05) is 17.7 Å². The molecule has 0 radical (unpaired) electrons. The number of aromatic nitrogens is 1. The Morgan fingerprint density at radius 3 is 2.46 bits per heavy atom. The number of rotatable bonds is 4. The van der Waals surface area contributed by atoms with E-state index in [9.17, 15) is 4.79 Å². The fraction of sp³-hybridized carbons (Fsp3) is 0.133. The lowest BCUT2D eigenvalue weighted by atomic mass is 10.3. The molecule has 5 N–H and O–H groups in total. The van der Waals surface area contributed by atoms with E-state index in [0.29, 0.717) is 12.3 Å². The molecular formula is C15H14Cl3N5O2S. The first-order valence-electron chi connectivity index (χ1n) is 7.23. The minimum atomic E-state index is -0.684. The first kappa shape index (κ1) is 20.3. The molecule has 0 saturated heterocycles. The van der Waals surface area contributed by atoms with Gasteiger partial charge in [-0.3, -0.25) is 15.6 Å². The monoisotopic (exact) mass is 433 g/mol. The van der Waals surface area contributed by atoms with Gasteiger partial charge in [-0.25, -0.2) is 4.98 Å². The van der Waals surface area contributed by atoms with Gasteiger partial charge in [0.2, 0.25) is 0 Å². The van der Waals surface area contributed by atoms with Crippen LogP contribution in [-0.2, 0) is 0 Å². The molecule has 1 heterocycles. The maximum absolute atomic E-state index is 12.2. The number of anilines is 2. The van der Waals surface area contributed by atoms with Gasteiger partial charge < -0.3 is 15.8 Å². The number of benzene rings is 1. The van der Waals surface area contributed by atoms with E-state index in [0.717, 1.165) is 5.75 Å². The number of carbonyl (C=O) groups excluding carboxylic acids is 1. The van der Waals surface area contributed by atoms with Gasteiger partial charge in [0.15, 0.2) is 16.0 Å². The molecule has 1 aromatic heterocycles. The van der Waals surface area contributed by atoms with Gasteiger partial charge in [0.25, 0.3) is 5.91 Å². The van der Waals surface area contributed by atoms with Crippen molar-refractivity contribution in [3.05, 3.63) is 45.2 Å². The Morgan fingerprint density at radius 1 is 1.19 bits per heavy atom. The second-order valence-electron chi connectivity index (χ2n) is 4.78. The van der Waals surface area contributed by atoms with E-state index < -0.39 is 5.91 Å². The summed E-state index contributed by atoms with van der Waals surface area (Å²) < 4.78 is 5.35. The molecule has 0 saturated carbocycles. The van der Waals surface area contributed by atoms with Crippen molar-refractivity contribution in [2.45, 2.75) is 6.92 Å². The third kappa shape index (κ3) is 5.01. The Kier molecular flexibility index (Phi) is 7.10. The van der Waals surface area contributed by atoms with Gasteiger partial charge in [-0.15, -0.1) is 0 Å². The lowest BCUT2D eigenvalue weighted by Crippen LogP contribution is -2.44. The lowest BCUT2D eigenvalue weighted by Gasteiger charge is -2.13. The predicted octanol–water partition coefficient (Wildman–Crippen LogP) is 3.65. The number of amides is 1. The van der Waals surface area contributed by atoms with Gasteiger partial charge in [-0.2, -0.15) is 0 Å². The smallest absolute Gasteiger partial charge is 0.289 e. The van der Waals surface area contributed by atoms with E-state index in [-0.39, 0.29) is 31.7 Å². The first-order chi connectivity index (χ1) is 12.3. The van der Waals surface area contributed by atoms with E-state index in [4.69, 9.17) is 57.5 Å². The molecule has 2 rings (SSSR count). The zero-order valence-electron chi connectivity index (χ0n) is 13.4. The minimum absolute atomic E-state index is 0.0196. The Morgan fingerprint density at radius 2 is 1.85 bits per heavy atom. The van der Waals surface area contributed by atoms with E-state index in [1.807, 2.05) is 6.92 Å². The summed E-state index contributed by atoms with van der Waals surface area (Å²) in [5, 5.41) is 2.78. The quantitative estimate of drug-likeness (QED) is 0.331. The Balaban J connectivity index is 1.96. The van der Waals surface area contributed by atoms with Crippen LogP contribution in [0.25, 0.3) is 0 Å². The molecule has 0 atom stereocenters. The SMILES string of the molecule is CCOc1ccc(NC(=S)NNC(=O)c2nc(Cl)c(Cl)c(N)c2Cl)cc1. The molecular weight excluding hydrogens is 421 g/mol. The van der Waals surface area contributed by atoms with Crippen LogP contribution in [0.1, 0.15) is 17.4 Å². The number of pyridine rings is 1. The lowest BCUT2D eigenvalue weighted by molar-refractivity contribution is 0.0939. The number of thiocarbonyl (C=S) groups is 1. The summed E-state index contributed by atoms with van der Waals surface area (Å²) in [6.45, 7) is 2.48. The van der Waals surface area contributed by atoms with E-state index in [1.54, 1.807) is 24.3 Å². The van der Waals surface area contributed by atoms with Crippen LogP contribution in [0.3, 0.4) is 0 Å². The van der Waals surface area contributed by atoms with Gasteiger partial charge >= 0.3 is 0 Å². The van der Waals surface area contributed by atoms with Crippen molar-refractivity contribution in [1.29, 1.82) is 0 Å². The number of hydrazine groups is 1. The summed E-state index contributed by atoms with van der Waals surface area (Å²) in [5.41, 5.74) is 11.0. The number of nitrogens with one attached hydrogen (secondary N) is 3. The highest BCUT2D eigenvalue weighted by molar-refractivity contribution is 7.80. The van der Waals surface area contributed by atoms with Gasteiger partial charge in [0.05, 0.1) is 17.3 Å². The molecule has 0 aliphatic rings. The van der Waals surface area contributed by atoms with E-state index in [2.05, 4.69) is 21.2 Å². The molecule has 1 amide bonds. The molecule has 0 bridgehead atoms. The maximum Gasteiger partial charge on any atom is 0.289 e. The summed E-state index contributed by atoms with van der Waals surface area (Å²) >= 11 is 22.7. The highest BCUT2D eigenvalue weighted by Crippen LogP contribution is 2.34. The standard InChI is InChI=1S/C15H14Cl3N5O2S/c1-2-25-8-5-3-7(4-6-8)20-15(26)23-22-14(24)12-9(16)11(19)10(17)13(18)21-12/h3-6H,2H2,1H3,(H2,19,21)(H,22,24)(H2,20,23,26). The fourth-order valence-corrected chi connectivity index (χ4v) is 2.58. The van der Waals surface area contributed by atoms with Crippen molar-refractivity contribution >= 4 is 69.4 Å². The topological polar surface area (TPSA) is 101 Å². The van der Waals surface area contributed by atoms with E-state index in [1.165, 1.54) is 0 Å². The molecule has 0 fully saturated rings. The molecule has 0 unspecified atom stereocenters. The molecule has 0 aliphatic carbocycles. The summed E-state index contributed by atoms with van der Waals surface area (Å²) in [5.74, 6) is 0.0549. The largest absolute Gasteiger partial charge is 0.494 e. The average Bonchev–Trinajstić information content (AvgIpc) is 2.63. The van der Waals surface area contributed by atoms with Crippen molar-refractivity contribution in [3.63, 3.8) is 0 Å². The van der Waals surface area contributed by atoms with Gasteiger partial charge in [0, 0.05) is 5.69 Å². The number of halogens is 3. The zero-order chi connectivity index (χ0) is 19.3. The van der Waals surface area contributed by atoms with Crippen LogP contribution in [0.2, 0.25) is 15.2 Å². The molecule has 26 heavy (non-hydrogen) atoms.